The van der Waals surface area contributed by atoms with E-state index < -0.39 is 15.8 Å². The molecule has 0 heterocycles. The van der Waals surface area contributed by atoms with Gasteiger partial charge in [0.25, 0.3) is 0 Å². The summed E-state index contributed by atoms with van der Waals surface area (Å²) in [5.41, 5.74) is 5.53. The molecule has 1 aliphatic carbocycles. The highest BCUT2D eigenvalue weighted by Crippen LogP contribution is 2.33. The molecule has 0 atom stereocenters. The van der Waals surface area contributed by atoms with Crippen LogP contribution in [0.1, 0.15) is 25.7 Å². The first-order chi connectivity index (χ1) is 9.77. The molecule has 2 rings (SSSR count). The van der Waals surface area contributed by atoms with Gasteiger partial charge >= 0.3 is 0 Å². The smallest absolute Gasteiger partial charge is 0.242 e. The molecule has 0 aliphatic heterocycles. The molecule has 1 saturated carbocycles. The van der Waals surface area contributed by atoms with E-state index in [1.165, 1.54) is 6.07 Å². The first kappa shape index (κ1) is 16.2. The van der Waals surface area contributed by atoms with Crippen LogP contribution in [0.15, 0.2) is 23.1 Å². The highest BCUT2D eigenvalue weighted by Gasteiger charge is 2.37. The molecule has 5 nitrogen and oxygen atoms in total. The van der Waals surface area contributed by atoms with Gasteiger partial charge in [-0.1, -0.05) is 12.8 Å². The maximum atomic E-state index is 13.3. The third kappa shape index (κ3) is 3.36. The average Bonchev–Trinajstić information content (AvgIpc) is 2.89. The Balaban J connectivity index is 2.20. The molecule has 0 aromatic heterocycles. The van der Waals surface area contributed by atoms with E-state index in [9.17, 15) is 12.8 Å². The highest BCUT2D eigenvalue weighted by molar-refractivity contribution is 7.89. The van der Waals surface area contributed by atoms with Gasteiger partial charge in [0.1, 0.15) is 10.7 Å². The lowest BCUT2D eigenvalue weighted by Gasteiger charge is -2.36. The lowest BCUT2D eigenvalue weighted by Crippen LogP contribution is -2.50. The van der Waals surface area contributed by atoms with Crippen molar-refractivity contribution in [2.24, 2.45) is 0 Å². The molecule has 0 amide bonds. The number of rotatable bonds is 5. The summed E-state index contributed by atoms with van der Waals surface area (Å²) < 4.78 is 40.6. The fourth-order valence-electron chi connectivity index (χ4n) is 2.86. The molecule has 0 unspecified atom stereocenters. The van der Waals surface area contributed by atoms with Gasteiger partial charge in [-0.15, -0.1) is 0 Å². The molecule has 1 aliphatic rings. The number of nitrogen functional groups attached to an aromatic ring is 1. The topological polar surface area (TPSA) is 75.4 Å². The Hall–Kier alpha value is -1.18. The minimum atomic E-state index is -3.81. The van der Waals surface area contributed by atoms with Gasteiger partial charge in [0.2, 0.25) is 10.0 Å². The van der Waals surface area contributed by atoms with E-state index in [-0.39, 0.29) is 16.1 Å². The minimum absolute atomic E-state index is 0.0502. The number of nitrogens with one attached hydrogen (secondary N) is 1. The number of benzene rings is 1. The molecule has 3 N–H and O–H groups in total. The van der Waals surface area contributed by atoms with E-state index in [1.54, 1.807) is 0 Å². The van der Waals surface area contributed by atoms with Crippen molar-refractivity contribution in [3.05, 3.63) is 24.0 Å². The van der Waals surface area contributed by atoms with Crippen molar-refractivity contribution in [2.75, 3.05) is 26.4 Å². The number of nitrogens with two attached hydrogens (primary N) is 1. The molecule has 0 spiro atoms. The van der Waals surface area contributed by atoms with Gasteiger partial charge in [-0.25, -0.2) is 17.5 Å². The van der Waals surface area contributed by atoms with E-state index in [1.807, 2.05) is 14.1 Å². The van der Waals surface area contributed by atoms with Gasteiger partial charge in [0.15, 0.2) is 0 Å². The van der Waals surface area contributed by atoms with Gasteiger partial charge in [0, 0.05) is 12.1 Å². The molecule has 21 heavy (non-hydrogen) atoms. The molecule has 0 saturated heterocycles. The summed E-state index contributed by atoms with van der Waals surface area (Å²) in [4.78, 5) is 1.87. The molecule has 7 heteroatoms. The minimum Gasteiger partial charge on any atom is -0.398 e. The van der Waals surface area contributed by atoms with Gasteiger partial charge in [-0.2, -0.15) is 0 Å². The lowest BCUT2D eigenvalue weighted by molar-refractivity contribution is 0.162. The lowest BCUT2D eigenvalue weighted by atomic mass is 9.97. The van der Waals surface area contributed by atoms with Crippen molar-refractivity contribution in [1.82, 2.24) is 9.62 Å². The normalized spacial score (nSPS) is 18.3. The standard InChI is InChI=1S/C14H22FN3O2S/c1-18(2)14(7-3-4-8-14)10-17-21(19,20)13-9-11(15)5-6-12(13)16/h5-6,9,17H,3-4,7-8,10,16H2,1-2H3. The number of nitrogens with zero attached hydrogens (tertiary/aromatic N) is 1. The van der Waals surface area contributed by atoms with Crippen LogP contribution in [0.5, 0.6) is 0 Å². The summed E-state index contributed by atoms with van der Waals surface area (Å²) in [6.45, 7) is 0.304. The predicted octanol–water partition coefficient (Wildman–Crippen LogP) is 1.56. The van der Waals surface area contributed by atoms with Crippen molar-refractivity contribution in [3.63, 3.8) is 0 Å². The quantitative estimate of drug-likeness (QED) is 0.809. The van der Waals surface area contributed by atoms with Crippen LogP contribution >= 0.6 is 0 Å². The van der Waals surface area contributed by atoms with Crippen LogP contribution in [0, 0.1) is 5.82 Å². The van der Waals surface area contributed by atoms with Crippen molar-refractivity contribution >= 4 is 15.7 Å². The summed E-state index contributed by atoms with van der Waals surface area (Å²) >= 11 is 0. The van der Waals surface area contributed by atoms with Gasteiger partial charge in [0.05, 0.1) is 5.69 Å². The fourth-order valence-corrected chi connectivity index (χ4v) is 4.12. The second-order valence-corrected chi connectivity index (χ2v) is 7.57. The van der Waals surface area contributed by atoms with Crippen LogP contribution in [0.3, 0.4) is 0 Å². The monoisotopic (exact) mass is 315 g/mol. The van der Waals surface area contributed by atoms with E-state index in [4.69, 9.17) is 5.73 Å². The maximum Gasteiger partial charge on any atom is 0.242 e. The van der Waals surface area contributed by atoms with E-state index >= 15 is 0 Å². The summed E-state index contributed by atoms with van der Waals surface area (Å²) in [6.07, 6.45) is 4.06. The Labute approximate surface area is 125 Å². The zero-order valence-electron chi connectivity index (χ0n) is 12.4. The van der Waals surface area contributed by atoms with Crippen molar-refractivity contribution < 1.29 is 12.8 Å². The van der Waals surface area contributed by atoms with Crippen LogP contribution in [-0.2, 0) is 10.0 Å². The first-order valence-corrected chi connectivity index (χ1v) is 8.47. The number of hydrogen-bond donors (Lipinski definition) is 2. The molecular weight excluding hydrogens is 293 g/mol. The Bertz CT molecular complexity index is 611. The summed E-state index contributed by atoms with van der Waals surface area (Å²) in [5.74, 6) is -0.618. The zero-order valence-corrected chi connectivity index (χ0v) is 13.2. The second kappa shape index (κ2) is 5.90. The van der Waals surface area contributed by atoms with Crippen LogP contribution in [0.2, 0.25) is 0 Å². The summed E-state index contributed by atoms with van der Waals surface area (Å²) in [7, 11) is 0.0948. The Morgan fingerprint density at radius 2 is 1.95 bits per heavy atom. The number of halogens is 1. The second-order valence-electron chi connectivity index (χ2n) is 5.83. The number of anilines is 1. The maximum absolute atomic E-state index is 13.3. The van der Waals surface area contributed by atoms with E-state index in [2.05, 4.69) is 9.62 Å². The first-order valence-electron chi connectivity index (χ1n) is 6.99. The Morgan fingerprint density at radius 1 is 1.33 bits per heavy atom. The van der Waals surface area contributed by atoms with Crippen LogP contribution in [-0.4, -0.2) is 39.5 Å². The van der Waals surface area contributed by atoms with Gasteiger partial charge in [-0.05, 0) is 45.1 Å². The van der Waals surface area contributed by atoms with Gasteiger partial charge < -0.3 is 10.6 Å². The largest absolute Gasteiger partial charge is 0.398 e. The summed E-state index contributed by atoms with van der Waals surface area (Å²) in [6, 6.07) is 3.36. The summed E-state index contributed by atoms with van der Waals surface area (Å²) in [5, 5.41) is 0. The van der Waals surface area contributed by atoms with E-state index in [0.29, 0.717) is 6.54 Å². The number of sulfonamides is 1. The zero-order chi connectivity index (χ0) is 15.7. The molecule has 0 radical (unpaired) electrons. The SMILES string of the molecule is CN(C)C1(CNS(=O)(=O)c2cc(F)ccc2N)CCCC1. The molecule has 118 valence electrons. The van der Waals surface area contributed by atoms with Crippen LogP contribution < -0.4 is 10.5 Å². The third-order valence-corrected chi connectivity index (χ3v) is 5.80. The van der Waals surface area contributed by atoms with Crippen molar-refractivity contribution in [2.45, 2.75) is 36.1 Å². The number of likely N-dealkylation sites (N-methyl/N-ethyl adjacent to an activating group) is 1. The Morgan fingerprint density at radius 3 is 2.52 bits per heavy atom. The predicted molar refractivity (Wildman–Crippen MR) is 80.9 cm³/mol. The molecule has 1 fully saturated rings. The molecule has 0 bridgehead atoms. The van der Waals surface area contributed by atoms with Crippen molar-refractivity contribution in [3.8, 4) is 0 Å². The van der Waals surface area contributed by atoms with Crippen molar-refractivity contribution in [1.29, 1.82) is 0 Å². The van der Waals surface area contributed by atoms with Gasteiger partial charge in [-0.3, -0.25) is 0 Å². The Kier molecular flexibility index (Phi) is 4.55. The van der Waals surface area contributed by atoms with Crippen LogP contribution in [0.25, 0.3) is 0 Å². The molecular formula is C14H22FN3O2S. The highest BCUT2D eigenvalue weighted by atomic mass is 32.2. The molecule has 1 aromatic rings. The van der Waals surface area contributed by atoms with Crippen LogP contribution in [0.4, 0.5) is 10.1 Å². The number of hydrogen-bond acceptors (Lipinski definition) is 4. The molecule has 1 aromatic carbocycles. The van der Waals surface area contributed by atoms with E-state index in [0.717, 1.165) is 37.8 Å². The average molecular weight is 315 g/mol. The fraction of sp³-hybridized carbons (Fsp3) is 0.571. The third-order valence-electron chi connectivity index (χ3n) is 4.34.